The molecule has 1 aromatic rings. The molecule has 0 aromatic heterocycles. The maximum atomic E-state index is 11.2. The van der Waals surface area contributed by atoms with Crippen molar-refractivity contribution in [3.8, 4) is 0 Å². The van der Waals surface area contributed by atoms with Crippen molar-refractivity contribution < 1.29 is 14.7 Å². The molecule has 0 radical (unpaired) electrons. The van der Waals surface area contributed by atoms with E-state index in [1.165, 1.54) is 18.2 Å². The number of piperazine rings is 1. The average Bonchev–Trinajstić information content (AvgIpc) is 3.16. The lowest BCUT2D eigenvalue weighted by atomic mass is 10.1. The van der Waals surface area contributed by atoms with Crippen molar-refractivity contribution >= 4 is 17.7 Å². The Labute approximate surface area is 141 Å². The summed E-state index contributed by atoms with van der Waals surface area (Å²) in [7, 11) is 0. The number of carbonyl (C=O) groups is 1. The van der Waals surface area contributed by atoms with E-state index in [2.05, 4.69) is 15.9 Å². The molecule has 0 saturated carbocycles. The highest BCUT2D eigenvalue weighted by atomic mass is 16.5. The van der Waals surface area contributed by atoms with Gasteiger partial charge in [0, 0.05) is 49.4 Å². The predicted octanol–water partition coefficient (Wildman–Crippen LogP) is 1.11. The van der Waals surface area contributed by atoms with Crippen LogP contribution >= 0.6 is 0 Å². The Morgan fingerprint density at radius 2 is 2.12 bits per heavy atom. The molecule has 2 unspecified atom stereocenters. The maximum Gasteiger partial charge on any atom is 0.267 e. The number of hydrogen-bond acceptors (Lipinski definition) is 5. The molecule has 1 aromatic carbocycles. The van der Waals surface area contributed by atoms with Crippen molar-refractivity contribution in [2.24, 2.45) is 5.92 Å². The first-order valence-electron chi connectivity index (χ1n) is 8.54. The summed E-state index contributed by atoms with van der Waals surface area (Å²) < 4.78 is 5.29. The smallest absolute Gasteiger partial charge is 0.267 e. The first kappa shape index (κ1) is 15.6. The van der Waals surface area contributed by atoms with E-state index >= 15 is 0 Å². The van der Waals surface area contributed by atoms with Crippen LogP contribution in [0.15, 0.2) is 30.3 Å². The van der Waals surface area contributed by atoms with Gasteiger partial charge in [-0.1, -0.05) is 18.2 Å². The van der Waals surface area contributed by atoms with Gasteiger partial charge in [-0.3, -0.25) is 14.9 Å². The minimum Gasteiger partial charge on any atom is -0.381 e. The molecule has 4 rings (SSSR count). The van der Waals surface area contributed by atoms with Crippen molar-refractivity contribution in [3.05, 3.63) is 35.9 Å². The van der Waals surface area contributed by atoms with E-state index in [1.54, 1.807) is 11.6 Å². The molecule has 128 valence electrons. The molecule has 2 bridgehead atoms. The Bertz CT molecular complexity index is 644. The second-order valence-electron chi connectivity index (χ2n) is 6.92. The molecule has 6 nitrogen and oxygen atoms in total. The number of likely N-dealkylation sites (tertiary alicyclic amines) is 1. The molecule has 2 N–H and O–H groups in total. The summed E-state index contributed by atoms with van der Waals surface area (Å²) in [5, 5.41) is 8.63. The molecule has 1 amide bonds. The zero-order chi connectivity index (χ0) is 16.5. The average molecular weight is 329 g/mol. The van der Waals surface area contributed by atoms with Crippen LogP contribution in [0.5, 0.6) is 0 Å². The Hall–Kier alpha value is -1.89. The Balaban J connectivity index is 1.46. The third-order valence-electron chi connectivity index (χ3n) is 5.32. The standard InChI is InChI=1S/C18H23N3O3/c22-18(19-23)6-5-14-3-1-2-4-17(14)21-10-15-7-16(21)9-20(15)8-13-11-24-12-13/h1-6,13,15-16,23H,7-12H2,(H,19,22)/b6-5+. The number of benzene rings is 1. The minimum absolute atomic E-state index is 0.512. The molecule has 3 saturated heterocycles. The second kappa shape index (κ2) is 6.55. The number of nitrogens with zero attached hydrogens (tertiary/aromatic N) is 2. The summed E-state index contributed by atoms with van der Waals surface area (Å²) in [6.07, 6.45) is 4.33. The molecule has 3 heterocycles. The van der Waals surface area contributed by atoms with Gasteiger partial charge in [0.1, 0.15) is 0 Å². The number of amides is 1. The fourth-order valence-electron chi connectivity index (χ4n) is 4.08. The number of nitrogens with one attached hydrogen (secondary N) is 1. The number of rotatable bonds is 5. The lowest BCUT2D eigenvalue weighted by molar-refractivity contribution is -0.124. The Kier molecular flexibility index (Phi) is 4.26. The SMILES string of the molecule is O=C(/C=C/c1ccccc1N1CC2CC1CN2CC1COC1)NO. The lowest BCUT2D eigenvalue weighted by Gasteiger charge is -2.39. The highest BCUT2D eigenvalue weighted by Crippen LogP contribution is 2.37. The fourth-order valence-corrected chi connectivity index (χ4v) is 4.08. The van der Waals surface area contributed by atoms with Gasteiger partial charge in [-0.2, -0.15) is 0 Å². The van der Waals surface area contributed by atoms with E-state index in [0.29, 0.717) is 18.0 Å². The van der Waals surface area contributed by atoms with Crippen LogP contribution in [0.4, 0.5) is 5.69 Å². The van der Waals surface area contributed by atoms with E-state index in [-0.39, 0.29) is 0 Å². The van der Waals surface area contributed by atoms with E-state index in [0.717, 1.165) is 38.4 Å². The third-order valence-corrected chi connectivity index (χ3v) is 5.32. The number of fused-ring (bicyclic) bond motifs is 2. The molecule has 24 heavy (non-hydrogen) atoms. The highest BCUT2D eigenvalue weighted by Gasteiger charge is 2.44. The zero-order valence-electron chi connectivity index (χ0n) is 13.6. The number of para-hydroxylation sites is 1. The number of carbonyl (C=O) groups excluding carboxylic acids is 1. The minimum atomic E-state index is -0.512. The molecule has 0 aliphatic carbocycles. The van der Waals surface area contributed by atoms with Gasteiger partial charge in [0.15, 0.2) is 0 Å². The quantitative estimate of drug-likeness (QED) is 0.481. The number of hydroxylamine groups is 1. The van der Waals surface area contributed by atoms with Gasteiger partial charge in [-0.25, -0.2) is 5.48 Å². The first-order chi connectivity index (χ1) is 11.7. The molecular weight excluding hydrogens is 306 g/mol. The largest absolute Gasteiger partial charge is 0.381 e. The van der Waals surface area contributed by atoms with Crippen LogP contribution in [-0.2, 0) is 9.53 Å². The van der Waals surface area contributed by atoms with Gasteiger partial charge < -0.3 is 9.64 Å². The van der Waals surface area contributed by atoms with Crippen LogP contribution in [0.25, 0.3) is 6.08 Å². The highest BCUT2D eigenvalue weighted by molar-refractivity contribution is 5.91. The summed E-state index contributed by atoms with van der Waals surface area (Å²) in [5.74, 6) is 0.201. The van der Waals surface area contributed by atoms with Crippen molar-refractivity contribution in [1.29, 1.82) is 0 Å². The monoisotopic (exact) mass is 329 g/mol. The number of anilines is 1. The summed E-state index contributed by atoms with van der Waals surface area (Å²) in [6, 6.07) is 9.28. The molecular formula is C18H23N3O3. The van der Waals surface area contributed by atoms with E-state index in [9.17, 15) is 4.79 Å². The van der Waals surface area contributed by atoms with Crippen LogP contribution in [0, 0.1) is 5.92 Å². The van der Waals surface area contributed by atoms with Crippen LogP contribution in [0.1, 0.15) is 12.0 Å². The summed E-state index contributed by atoms with van der Waals surface area (Å²) in [4.78, 5) is 16.3. The van der Waals surface area contributed by atoms with E-state index < -0.39 is 5.91 Å². The van der Waals surface area contributed by atoms with Crippen LogP contribution in [-0.4, -0.2) is 60.9 Å². The molecule has 3 aliphatic heterocycles. The lowest BCUT2D eigenvalue weighted by Crippen LogP contribution is -2.50. The molecule has 0 spiro atoms. The van der Waals surface area contributed by atoms with Crippen LogP contribution < -0.4 is 10.4 Å². The number of hydrogen-bond donors (Lipinski definition) is 2. The Morgan fingerprint density at radius 3 is 2.79 bits per heavy atom. The molecule has 3 fully saturated rings. The third kappa shape index (κ3) is 2.92. The normalized spacial score (nSPS) is 27.0. The maximum absolute atomic E-state index is 11.2. The zero-order valence-corrected chi connectivity index (χ0v) is 13.6. The van der Waals surface area contributed by atoms with Crippen molar-refractivity contribution in [1.82, 2.24) is 10.4 Å². The van der Waals surface area contributed by atoms with Gasteiger partial charge in [-0.05, 0) is 24.1 Å². The van der Waals surface area contributed by atoms with Gasteiger partial charge in [-0.15, -0.1) is 0 Å². The number of ether oxygens (including phenoxy) is 1. The van der Waals surface area contributed by atoms with Crippen molar-refractivity contribution in [2.75, 3.05) is 37.7 Å². The van der Waals surface area contributed by atoms with Gasteiger partial charge in [0.2, 0.25) is 0 Å². The van der Waals surface area contributed by atoms with Gasteiger partial charge in [0.25, 0.3) is 5.91 Å². The van der Waals surface area contributed by atoms with Crippen LogP contribution in [0.2, 0.25) is 0 Å². The molecule has 3 aliphatic rings. The van der Waals surface area contributed by atoms with E-state index in [4.69, 9.17) is 9.94 Å². The topological polar surface area (TPSA) is 65.0 Å². The van der Waals surface area contributed by atoms with Gasteiger partial charge in [0.05, 0.1) is 13.2 Å². The predicted molar refractivity (Wildman–Crippen MR) is 90.8 cm³/mol. The fraction of sp³-hybridized carbons (Fsp3) is 0.500. The van der Waals surface area contributed by atoms with E-state index in [1.807, 2.05) is 18.2 Å². The van der Waals surface area contributed by atoms with Gasteiger partial charge >= 0.3 is 0 Å². The first-order valence-corrected chi connectivity index (χ1v) is 8.54. The molecule has 6 heteroatoms. The molecule has 2 atom stereocenters. The summed E-state index contributed by atoms with van der Waals surface area (Å²) >= 11 is 0. The summed E-state index contributed by atoms with van der Waals surface area (Å²) in [5.41, 5.74) is 3.80. The second-order valence-corrected chi connectivity index (χ2v) is 6.92. The Morgan fingerprint density at radius 1 is 1.29 bits per heavy atom. The van der Waals surface area contributed by atoms with Crippen LogP contribution in [0.3, 0.4) is 0 Å². The van der Waals surface area contributed by atoms with Crippen molar-refractivity contribution in [2.45, 2.75) is 18.5 Å². The summed E-state index contributed by atoms with van der Waals surface area (Å²) in [6.45, 7) is 5.13. The van der Waals surface area contributed by atoms with Crippen molar-refractivity contribution in [3.63, 3.8) is 0 Å².